The number of hydrogen-bond acceptors (Lipinski definition) is 4. The van der Waals surface area contributed by atoms with Crippen molar-refractivity contribution in [2.75, 3.05) is 0 Å². The minimum absolute atomic E-state index is 0.674. The number of fused-ring (bicyclic) bond motifs is 8. The van der Waals surface area contributed by atoms with Crippen LogP contribution in [0.1, 0.15) is 45.4 Å². The van der Waals surface area contributed by atoms with E-state index < -0.39 is 0 Å². The van der Waals surface area contributed by atoms with Crippen molar-refractivity contribution in [2.24, 2.45) is 0 Å². The molecule has 6 nitrogen and oxygen atoms in total. The van der Waals surface area contributed by atoms with E-state index >= 15 is 0 Å². The normalized spacial score (nSPS) is 13.0. The van der Waals surface area contributed by atoms with Gasteiger partial charge in [-0.3, -0.25) is 0 Å². The molecule has 0 radical (unpaired) electrons. The second-order valence-electron chi connectivity index (χ2n) is 11.6. The zero-order valence-electron chi connectivity index (χ0n) is 25.4. The van der Waals surface area contributed by atoms with Crippen molar-refractivity contribution in [3.05, 3.63) is 201 Å². The summed E-state index contributed by atoms with van der Waals surface area (Å²) in [7, 11) is 0. The van der Waals surface area contributed by atoms with Crippen molar-refractivity contribution < 1.29 is 8.83 Å². The number of aromatic amines is 4. The van der Waals surface area contributed by atoms with Gasteiger partial charge in [-0.1, -0.05) is 60.7 Å². The summed E-state index contributed by atoms with van der Waals surface area (Å²) in [5, 5.41) is 3.67. The minimum Gasteiger partial charge on any atom is -0.463 e. The lowest BCUT2D eigenvalue weighted by atomic mass is 10.0. The van der Waals surface area contributed by atoms with E-state index in [9.17, 15) is 0 Å². The van der Waals surface area contributed by atoms with E-state index in [-0.39, 0.29) is 0 Å². The molecule has 48 heavy (non-hydrogen) atoms. The first-order chi connectivity index (χ1) is 23.6. The van der Waals surface area contributed by atoms with Crippen LogP contribution in [-0.2, 0) is 0 Å². The second-order valence-corrected chi connectivity index (χ2v) is 12.6. The summed E-state index contributed by atoms with van der Waals surface area (Å²) in [5.74, 6) is 1.35. The number of nitrogens with one attached hydrogen (secondary N) is 4. The number of aromatic nitrogens is 4. The maximum Gasteiger partial charge on any atom is 0.151 e. The fraction of sp³-hybridized carbons (Fsp3) is 0. The van der Waals surface area contributed by atoms with Gasteiger partial charge in [0, 0.05) is 33.2 Å². The third kappa shape index (κ3) is 4.76. The summed E-state index contributed by atoms with van der Waals surface area (Å²) in [4.78, 5) is 16.5. The molecule has 0 saturated heterocycles. The lowest BCUT2D eigenvalue weighted by Gasteiger charge is -2.08. The topological polar surface area (TPSA) is 89.4 Å². The first-order valence-corrected chi connectivity index (χ1v) is 16.4. The van der Waals surface area contributed by atoms with Gasteiger partial charge in [0.1, 0.15) is 0 Å². The van der Waals surface area contributed by atoms with Gasteiger partial charge < -0.3 is 28.8 Å². The van der Waals surface area contributed by atoms with Crippen LogP contribution >= 0.6 is 25.3 Å². The summed E-state index contributed by atoms with van der Waals surface area (Å²) >= 11 is 9.55. The van der Waals surface area contributed by atoms with Crippen LogP contribution in [0.4, 0.5) is 0 Å². The van der Waals surface area contributed by atoms with Crippen LogP contribution in [0.5, 0.6) is 0 Å². The lowest BCUT2D eigenvalue weighted by molar-refractivity contribution is 0.546. The summed E-state index contributed by atoms with van der Waals surface area (Å²) in [6.45, 7) is 0. The maximum absolute atomic E-state index is 6.07. The number of H-pyrrole nitrogens is 4. The van der Waals surface area contributed by atoms with Crippen molar-refractivity contribution in [3.8, 4) is 0 Å². The fourth-order valence-corrected chi connectivity index (χ4v) is 7.08. The van der Waals surface area contributed by atoms with Crippen molar-refractivity contribution in [1.29, 1.82) is 0 Å². The van der Waals surface area contributed by atoms with Crippen LogP contribution in [0.2, 0.25) is 0 Å². The average Bonchev–Trinajstić information content (AvgIpc) is 3.96. The van der Waals surface area contributed by atoms with Crippen LogP contribution in [0, 0.1) is 0 Å². The van der Waals surface area contributed by atoms with Gasteiger partial charge in [-0.25, -0.2) is 0 Å². The summed E-state index contributed by atoms with van der Waals surface area (Å²) in [6.07, 6.45) is 3.34. The molecule has 1 aliphatic heterocycles. The van der Waals surface area contributed by atoms with Crippen molar-refractivity contribution in [1.82, 2.24) is 19.9 Å². The smallest absolute Gasteiger partial charge is 0.151 e. The fourth-order valence-electron chi connectivity index (χ4n) is 6.63. The summed E-state index contributed by atoms with van der Waals surface area (Å²) in [6, 6.07) is 41.3. The number of benzene rings is 2. The molecule has 7 heterocycles. The maximum atomic E-state index is 6.07. The molecule has 8 heteroatoms. The quantitative estimate of drug-likeness (QED) is 0.130. The van der Waals surface area contributed by atoms with Gasteiger partial charge in [0.15, 0.2) is 11.5 Å². The minimum atomic E-state index is 0.674. The zero-order valence-corrected chi connectivity index (χ0v) is 27.2. The molecule has 0 unspecified atom stereocenters. The molecule has 8 aromatic rings. The van der Waals surface area contributed by atoms with Gasteiger partial charge in [-0.15, -0.1) is 25.3 Å². The monoisotopic (exact) mass is 660 g/mol. The highest BCUT2D eigenvalue weighted by Gasteiger charge is 2.21. The van der Waals surface area contributed by atoms with Gasteiger partial charge in [0.25, 0.3) is 0 Å². The first kappa shape index (κ1) is 28.5. The molecule has 1 aliphatic rings. The van der Waals surface area contributed by atoms with Crippen molar-refractivity contribution in [2.45, 2.75) is 9.79 Å². The third-order valence-electron chi connectivity index (χ3n) is 8.77. The molecule has 2 aromatic carbocycles. The molecule has 0 aliphatic carbocycles. The second kappa shape index (κ2) is 11.5. The van der Waals surface area contributed by atoms with E-state index in [0.717, 1.165) is 87.4 Å². The van der Waals surface area contributed by atoms with E-state index in [1.54, 1.807) is 12.5 Å². The predicted octanol–water partition coefficient (Wildman–Crippen LogP) is 6.07. The van der Waals surface area contributed by atoms with Crippen LogP contribution in [0.3, 0.4) is 0 Å². The highest BCUT2D eigenvalue weighted by Crippen LogP contribution is 2.31. The average molecular weight is 661 g/mol. The number of rotatable bonds is 4. The Bertz CT molecular complexity index is 2510. The number of thiol groups is 2. The van der Waals surface area contributed by atoms with Gasteiger partial charge in [-0.05, 0) is 71.8 Å². The molecule has 0 spiro atoms. The van der Waals surface area contributed by atoms with E-state index in [1.165, 1.54) is 0 Å². The van der Waals surface area contributed by atoms with E-state index in [0.29, 0.717) is 11.5 Å². The molecular formula is C40H28N4O2S2. The van der Waals surface area contributed by atoms with Crippen molar-refractivity contribution >= 4 is 47.5 Å². The van der Waals surface area contributed by atoms with Gasteiger partial charge in [0.2, 0.25) is 0 Å². The largest absolute Gasteiger partial charge is 0.463 e. The molecule has 4 N–H and O–H groups in total. The SMILES string of the molecule is Sc1ccoc1C1=c2ccc([nH]2)=C(c2ccccc2)c2ccc([nH]2)C(c2occc2S)=c2ccc([nH]2)=C(c2ccccc2)c2ccc1[nH]2. The number of furan rings is 2. The molecular weight excluding hydrogens is 633 g/mol. The predicted molar refractivity (Wildman–Crippen MR) is 193 cm³/mol. The van der Waals surface area contributed by atoms with Gasteiger partial charge in [0.05, 0.1) is 55.5 Å². The molecule has 0 fully saturated rings. The van der Waals surface area contributed by atoms with Gasteiger partial charge in [-0.2, -0.15) is 0 Å². The Kier molecular flexibility index (Phi) is 6.85. The Morgan fingerprint density at radius 2 is 0.708 bits per heavy atom. The Hall–Kier alpha value is -5.70. The highest BCUT2D eigenvalue weighted by molar-refractivity contribution is 7.80. The van der Waals surface area contributed by atoms with E-state index in [2.05, 4.69) is 117 Å². The third-order valence-corrected chi connectivity index (χ3v) is 9.47. The molecule has 0 saturated carbocycles. The molecule has 0 atom stereocenters. The molecule has 232 valence electrons. The van der Waals surface area contributed by atoms with Crippen LogP contribution < -0.4 is 21.4 Å². The van der Waals surface area contributed by atoms with E-state index in [4.69, 9.17) is 34.1 Å². The Balaban J connectivity index is 1.45. The van der Waals surface area contributed by atoms with Crippen LogP contribution in [-0.4, -0.2) is 19.9 Å². The van der Waals surface area contributed by atoms with Crippen LogP contribution in [0.25, 0.3) is 22.3 Å². The molecule has 8 bridgehead atoms. The van der Waals surface area contributed by atoms with Gasteiger partial charge >= 0.3 is 0 Å². The van der Waals surface area contributed by atoms with E-state index in [1.807, 2.05) is 24.3 Å². The Labute approximate surface area is 285 Å². The zero-order chi connectivity index (χ0) is 32.2. The first-order valence-electron chi connectivity index (χ1n) is 15.5. The van der Waals surface area contributed by atoms with Crippen molar-refractivity contribution in [3.63, 3.8) is 0 Å². The summed E-state index contributed by atoms with van der Waals surface area (Å²) in [5.41, 5.74) is 9.60. The number of hydrogen-bond donors (Lipinski definition) is 6. The van der Waals surface area contributed by atoms with Crippen LogP contribution in [0.15, 0.2) is 152 Å². The molecule has 6 aromatic heterocycles. The molecule has 0 amide bonds. The Morgan fingerprint density at radius 1 is 0.354 bits per heavy atom. The standard InChI is InChI=1S/C40H28N4O2S2/c47-33-19-21-45-39(33)37-29-15-11-25(41-29)35(23-7-3-1-4-8-23)26-12-16-30(42-26)38(40-34(48)20-22-46-40)32-18-14-28(44-32)36(24-9-5-2-6-10-24)27-13-17-31(37)43-27/h1-22,41-44,47-48H. The summed E-state index contributed by atoms with van der Waals surface area (Å²) < 4.78 is 12.1. The lowest BCUT2D eigenvalue weighted by Crippen LogP contribution is -2.19. The highest BCUT2D eigenvalue weighted by atomic mass is 32.1. The Morgan fingerprint density at radius 3 is 1.06 bits per heavy atom. The molecule has 9 rings (SSSR count).